The molecule has 0 aliphatic carbocycles. The monoisotopic (exact) mass is 328 g/mol. The molecular weight excluding hydrogens is 308 g/mol. The third-order valence-corrected chi connectivity index (χ3v) is 5.45. The molecule has 1 aromatic rings. The van der Waals surface area contributed by atoms with Crippen molar-refractivity contribution in [3.63, 3.8) is 0 Å². The van der Waals surface area contributed by atoms with Gasteiger partial charge in [0.05, 0.1) is 0 Å². The lowest BCUT2D eigenvalue weighted by molar-refractivity contribution is 0.224. The summed E-state index contributed by atoms with van der Waals surface area (Å²) in [6.45, 7) is 4.62. The first-order chi connectivity index (χ1) is 8.68. The first-order valence-corrected chi connectivity index (χ1v) is 8.45. The summed E-state index contributed by atoms with van der Waals surface area (Å²) in [5.41, 5.74) is 7.52. The highest BCUT2D eigenvalue weighted by Gasteiger charge is 2.19. The minimum absolute atomic E-state index is 0.127. The van der Waals surface area contributed by atoms with Gasteiger partial charge in [-0.25, -0.2) is 0 Å². The number of rotatable bonds is 4. The maximum Gasteiger partial charge on any atom is 0.0318 e. The minimum Gasteiger partial charge on any atom is -0.324 e. The summed E-state index contributed by atoms with van der Waals surface area (Å²) in [4.78, 5) is 2.56. The predicted octanol–water partition coefficient (Wildman–Crippen LogP) is 3.28. The van der Waals surface area contributed by atoms with Gasteiger partial charge in [-0.05, 0) is 25.0 Å². The average Bonchev–Trinajstić information content (AvgIpc) is 2.38. The Morgan fingerprint density at radius 3 is 3.00 bits per heavy atom. The van der Waals surface area contributed by atoms with Crippen molar-refractivity contribution in [3.8, 4) is 0 Å². The van der Waals surface area contributed by atoms with Crippen molar-refractivity contribution in [2.45, 2.75) is 25.4 Å². The number of nitrogens with zero attached hydrogens (tertiary/aromatic N) is 1. The Kier molecular flexibility index (Phi) is 5.55. The van der Waals surface area contributed by atoms with Crippen LogP contribution in [0.2, 0.25) is 0 Å². The van der Waals surface area contributed by atoms with Crippen LogP contribution in [-0.4, -0.2) is 35.5 Å². The van der Waals surface area contributed by atoms with Gasteiger partial charge in [-0.15, -0.1) is 0 Å². The second kappa shape index (κ2) is 6.94. The van der Waals surface area contributed by atoms with E-state index in [1.165, 1.54) is 23.6 Å². The number of nitrogens with two attached hydrogens (primary N) is 1. The van der Waals surface area contributed by atoms with Crippen molar-refractivity contribution in [2.24, 2.45) is 5.73 Å². The van der Waals surface area contributed by atoms with Gasteiger partial charge in [-0.3, -0.25) is 4.90 Å². The average molecular weight is 329 g/mol. The molecule has 4 heteroatoms. The lowest BCUT2D eigenvalue weighted by atomic mass is 10.0. The lowest BCUT2D eigenvalue weighted by Crippen LogP contribution is -2.41. The van der Waals surface area contributed by atoms with E-state index < -0.39 is 0 Å². The largest absolute Gasteiger partial charge is 0.324 e. The molecule has 2 nitrogen and oxygen atoms in total. The molecule has 100 valence electrons. The van der Waals surface area contributed by atoms with Crippen molar-refractivity contribution in [1.29, 1.82) is 0 Å². The third kappa shape index (κ3) is 3.73. The van der Waals surface area contributed by atoms with E-state index in [-0.39, 0.29) is 6.04 Å². The van der Waals surface area contributed by atoms with Gasteiger partial charge in [-0.1, -0.05) is 34.1 Å². The van der Waals surface area contributed by atoms with Crippen molar-refractivity contribution in [3.05, 3.63) is 34.3 Å². The fraction of sp³-hybridized carbons (Fsp3) is 0.571. The molecule has 18 heavy (non-hydrogen) atoms. The molecule has 0 saturated carbocycles. The van der Waals surface area contributed by atoms with Crippen LogP contribution >= 0.6 is 27.7 Å². The van der Waals surface area contributed by atoms with Gasteiger partial charge in [0.2, 0.25) is 0 Å². The maximum atomic E-state index is 6.30. The van der Waals surface area contributed by atoms with Crippen molar-refractivity contribution in [2.75, 3.05) is 24.6 Å². The van der Waals surface area contributed by atoms with E-state index in [0.29, 0.717) is 6.04 Å². The molecule has 2 atom stereocenters. The number of benzene rings is 1. The Morgan fingerprint density at radius 2 is 2.28 bits per heavy atom. The molecule has 2 rings (SSSR count). The van der Waals surface area contributed by atoms with Gasteiger partial charge in [0.1, 0.15) is 0 Å². The molecular formula is C14H21BrN2S. The molecule has 2 N–H and O–H groups in total. The first kappa shape index (κ1) is 14.4. The van der Waals surface area contributed by atoms with Crippen molar-refractivity contribution >= 4 is 27.7 Å². The van der Waals surface area contributed by atoms with Gasteiger partial charge >= 0.3 is 0 Å². The SMILES string of the molecule is CC1CSCCN1CCC(N)c1ccccc1Br. The van der Waals surface area contributed by atoms with E-state index in [9.17, 15) is 0 Å². The molecule has 1 aliphatic rings. The molecule has 0 bridgehead atoms. The van der Waals surface area contributed by atoms with Gasteiger partial charge in [0.15, 0.2) is 0 Å². The van der Waals surface area contributed by atoms with E-state index in [4.69, 9.17) is 5.73 Å². The standard InChI is InChI=1S/C14H21BrN2S/c1-11-10-18-9-8-17(11)7-6-14(16)12-4-2-3-5-13(12)15/h2-5,11,14H,6-10,16H2,1H3. The smallest absolute Gasteiger partial charge is 0.0318 e. The lowest BCUT2D eigenvalue weighted by Gasteiger charge is -2.33. The number of halogens is 1. The Bertz CT molecular complexity index is 386. The number of thioether (sulfide) groups is 1. The molecule has 0 amide bonds. The minimum atomic E-state index is 0.127. The van der Waals surface area contributed by atoms with Gasteiger partial charge < -0.3 is 5.73 Å². The summed E-state index contributed by atoms with van der Waals surface area (Å²) in [6, 6.07) is 9.08. The van der Waals surface area contributed by atoms with Crippen LogP contribution in [0.4, 0.5) is 0 Å². The molecule has 1 aliphatic heterocycles. The zero-order valence-electron chi connectivity index (χ0n) is 10.8. The second-order valence-electron chi connectivity index (χ2n) is 4.88. The molecule has 2 unspecified atom stereocenters. The molecule has 0 spiro atoms. The zero-order chi connectivity index (χ0) is 13.0. The third-order valence-electron chi connectivity index (χ3n) is 3.54. The van der Waals surface area contributed by atoms with Crippen LogP contribution < -0.4 is 5.73 Å². The summed E-state index contributed by atoms with van der Waals surface area (Å²) in [5, 5.41) is 0. The normalized spacial score (nSPS) is 22.9. The maximum absolute atomic E-state index is 6.30. The predicted molar refractivity (Wildman–Crippen MR) is 84.0 cm³/mol. The highest BCUT2D eigenvalue weighted by atomic mass is 79.9. The Balaban J connectivity index is 1.88. The molecule has 1 aromatic carbocycles. The van der Waals surface area contributed by atoms with Crippen molar-refractivity contribution in [1.82, 2.24) is 4.90 Å². The Morgan fingerprint density at radius 1 is 1.50 bits per heavy atom. The van der Waals surface area contributed by atoms with E-state index in [2.05, 4.69) is 57.7 Å². The zero-order valence-corrected chi connectivity index (χ0v) is 13.2. The summed E-state index contributed by atoms with van der Waals surface area (Å²) < 4.78 is 1.12. The van der Waals surface area contributed by atoms with Crippen molar-refractivity contribution < 1.29 is 0 Å². The van der Waals surface area contributed by atoms with E-state index in [0.717, 1.165) is 17.4 Å². The van der Waals surface area contributed by atoms with Crippen LogP contribution in [0.5, 0.6) is 0 Å². The van der Waals surface area contributed by atoms with Crippen LogP contribution in [0.15, 0.2) is 28.7 Å². The van der Waals surface area contributed by atoms with Crippen LogP contribution in [0.1, 0.15) is 24.9 Å². The second-order valence-corrected chi connectivity index (χ2v) is 6.88. The van der Waals surface area contributed by atoms with Crippen LogP contribution in [-0.2, 0) is 0 Å². The molecule has 0 aromatic heterocycles. The summed E-state index contributed by atoms with van der Waals surface area (Å²) >= 11 is 5.64. The summed E-state index contributed by atoms with van der Waals surface area (Å²) in [5.74, 6) is 2.51. The number of hydrogen-bond acceptors (Lipinski definition) is 3. The number of hydrogen-bond donors (Lipinski definition) is 1. The Hall–Kier alpha value is -0.0300. The van der Waals surface area contributed by atoms with Crippen LogP contribution in [0, 0.1) is 0 Å². The summed E-state index contributed by atoms with van der Waals surface area (Å²) in [6.07, 6.45) is 1.03. The molecule has 1 fully saturated rings. The van der Waals surface area contributed by atoms with E-state index in [1.807, 2.05) is 6.07 Å². The quantitative estimate of drug-likeness (QED) is 0.919. The first-order valence-electron chi connectivity index (χ1n) is 6.50. The Labute approximate surface area is 122 Å². The fourth-order valence-corrected chi connectivity index (χ4v) is 3.99. The van der Waals surface area contributed by atoms with Gasteiger partial charge in [0.25, 0.3) is 0 Å². The van der Waals surface area contributed by atoms with E-state index in [1.54, 1.807) is 0 Å². The fourth-order valence-electron chi connectivity index (χ4n) is 2.33. The highest BCUT2D eigenvalue weighted by Crippen LogP contribution is 2.24. The topological polar surface area (TPSA) is 29.3 Å². The molecule has 0 radical (unpaired) electrons. The van der Waals surface area contributed by atoms with Crippen LogP contribution in [0.3, 0.4) is 0 Å². The molecule has 1 heterocycles. The van der Waals surface area contributed by atoms with Gasteiger partial charge in [0, 0.05) is 41.2 Å². The van der Waals surface area contributed by atoms with Crippen LogP contribution in [0.25, 0.3) is 0 Å². The van der Waals surface area contributed by atoms with Gasteiger partial charge in [-0.2, -0.15) is 11.8 Å². The molecule has 1 saturated heterocycles. The summed E-state index contributed by atoms with van der Waals surface area (Å²) in [7, 11) is 0. The van der Waals surface area contributed by atoms with E-state index >= 15 is 0 Å². The highest BCUT2D eigenvalue weighted by molar-refractivity contribution is 9.10.